The molecule has 22 heavy (non-hydrogen) atoms. The number of ketones is 1. The van der Waals surface area contributed by atoms with E-state index in [1.807, 2.05) is 31.2 Å². The highest BCUT2D eigenvalue weighted by molar-refractivity contribution is 5.95. The van der Waals surface area contributed by atoms with Gasteiger partial charge in [0.15, 0.2) is 0 Å². The predicted molar refractivity (Wildman–Crippen MR) is 84.0 cm³/mol. The maximum Gasteiger partial charge on any atom is 0.253 e. The van der Waals surface area contributed by atoms with Gasteiger partial charge in [0.2, 0.25) is 0 Å². The molecule has 1 amide bonds. The normalized spacial score (nSPS) is 18.1. The molecule has 0 radical (unpaired) electrons. The fourth-order valence-electron chi connectivity index (χ4n) is 2.65. The van der Waals surface area contributed by atoms with Crippen LogP contribution >= 0.6 is 0 Å². The van der Waals surface area contributed by atoms with Crippen LogP contribution in [0.15, 0.2) is 24.3 Å². The number of carbonyl (C=O) groups excluding carboxylic acids is 2. The van der Waals surface area contributed by atoms with Crippen molar-refractivity contribution >= 4 is 17.4 Å². The predicted octanol–water partition coefficient (Wildman–Crippen LogP) is 1.88. The van der Waals surface area contributed by atoms with Gasteiger partial charge >= 0.3 is 0 Å². The molecule has 1 aliphatic rings. The van der Waals surface area contributed by atoms with Gasteiger partial charge in [-0.2, -0.15) is 0 Å². The second-order valence-electron chi connectivity index (χ2n) is 5.65. The third-order valence-corrected chi connectivity index (χ3v) is 4.06. The number of aliphatic hydroxyl groups excluding tert-OH is 1. The molecule has 0 bridgehead atoms. The molecule has 0 saturated carbocycles. The summed E-state index contributed by atoms with van der Waals surface area (Å²) < 4.78 is 5.12. The van der Waals surface area contributed by atoms with Gasteiger partial charge in [-0.3, -0.25) is 9.59 Å². The number of amides is 1. The number of anilines is 1. The first kappa shape index (κ1) is 16.6. The van der Waals surface area contributed by atoms with Gasteiger partial charge in [0.05, 0.1) is 12.7 Å². The van der Waals surface area contributed by atoms with Crippen LogP contribution in [0, 0.1) is 0 Å². The molecule has 2 rings (SSSR count). The topological polar surface area (TPSA) is 66.8 Å². The van der Waals surface area contributed by atoms with Crippen molar-refractivity contribution in [2.45, 2.75) is 38.7 Å². The SMILES string of the molecule is CC[C@H](O)CC(C(C)=O)c1ccc(N2CCOCC2=O)cc1. The molecule has 120 valence electrons. The van der Waals surface area contributed by atoms with Crippen LogP contribution in [0.25, 0.3) is 0 Å². The van der Waals surface area contributed by atoms with E-state index in [-0.39, 0.29) is 24.2 Å². The lowest BCUT2D eigenvalue weighted by atomic mass is 9.89. The van der Waals surface area contributed by atoms with Crippen LogP contribution in [-0.2, 0) is 14.3 Å². The molecule has 5 heteroatoms. The van der Waals surface area contributed by atoms with Crippen molar-refractivity contribution in [1.82, 2.24) is 0 Å². The van der Waals surface area contributed by atoms with E-state index in [0.717, 1.165) is 11.3 Å². The number of ether oxygens (including phenoxy) is 1. The molecule has 5 nitrogen and oxygen atoms in total. The summed E-state index contributed by atoms with van der Waals surface area (Å²) in [7, 11) is 0. The first-order valence-corrected chi connectivity index (χ1v) is 7.69. The van der Waals surface area contributed by atoms with Gasteiger partial charge < -0.3 is 14.7 Å². The Kier molecular flexibility index (Phi) is 5.69. The van der Waals surface area contributed by atoms with Crippen molar-refractivity contribution in [1.29, 1.82) is 0 Å². The van der Waals surface area contributed by atoms with Crippen LogP contribution in [0.1, 0.15) is 38.2 Å². The summed E-state index contributed by atoms with van der Waals surface area (Å²) in [5.74, 6) is -0.310. The Morgan fingerprint density at radius 1 is 1.36 bits per heavy atom. The number of carbonyl (C=O) groups is 2. The largest absolute Gasteiger partial charge is 0.393 e. The van der Waals surface area contributed by atoms with E-state index in [2.05, 4.69) is 0 Å². The van der Waals surface area contributed by atoms with Gasteiger partial charge in [0.1, 0.15) is 12.4 Å². The molecule has 1 N–H and O–H groups in total. The number of hydrogen-bond donors (Lipinski definition) is 1. The van der Waals surface area contributed by atoms with E-state index >= 15 is 0 Å². The zero-order chi connectivity index (χ0) is 16.1. The molecule has 1 saturated heterocycles. The zero-order valence-corrected chi connectivity index (χ0v) is 13.1. The fourth-order valence-corrected chi connectivity index (χ4v) is 2.65. The third-order valence-electron chi connectivity index (χ3n) is 4.06. The minimum absolute atomic E-state index is 0.0442. The van der Waals surface area contributed by atoms with E-state index in [1.165, 1.54) is 0 Å². The lowest BCUT2D eigenvalue weighted by molar-refractivity contribution is -0.125. The third kappa shape index (κ3) is 3.93. The lowest BCUT2D eigenvalue weighted by Gasteiger charge is -2.27. The Hall–Kier alpha value is -1.72. The summed E-state index contributed by atoms with van der Waals surface area (Å²) in [6.07, 6.45) is 0.584. The van der Waals surface area contributed by atoms with Crippen LogP contribution in [0.2, 0.25) is 0 Å². The fraction of sp³-hybridized carbons (Fsp3) is 0.529. The number of nitrogens with zero attached hydrogens (tertiary/aromatic N) is 1. The number of rotatable bonds is 6. The maximum atomic E-state index is 11.8. The molecule has 0 aromatic heterocycles. The smallest absolute Gasteiger partial charge is 0.253 e. The average molecular weight is 305 g/mol. The zero-order valence-electron chi connectivity index (χ0n) is 13.1. The number of benzene rings is 1. The lowest BCUT2D eigenvalue weighted by Crippen LogP contribution is -2.41. The first-order chi connectivity index (χ1) is 10.5. The van der Waals surface area contributed by atoms with Crippen molar-refractivity contribution in [2.75, 3.05) is 24.7 Å². The van der Waals surface area contributed by atoms with Gasteiger partial charge in [0.25, 0.3) is 5.91 Å². The number of morpholine rings is 1. The quantitative estimate of drug-likeness (QED) is 0.871. The molecule has 1 aromatic carbocycles. The summed E-state index contributed by atoms with van der Waals surface area (Å²) in [6.45, 7) is 4.64. The van der Waals surface area contributed by atoms with Crippen molar-refractivity contribution in [3.05, 3.63) is 29.8 Å². The Bertz CT molecular complexity index is 526. The number of aliphatic hydroxyl groups is 1. The second-order valence-corrected chi connectivity index (χ2v) is 5.65. The van der Waals surface area contributed by atoms with Crippen molar-refractivity contribution in [2.24, 2.45) is 0 Å². The van der Waals surface area contributed by atoms with E-state index in [9.17, 15) is 14.7 Å². The van der Waals surface area contributed by atoms with Gasteiger partial charge in [-0.25, -0.2) is 0 Å². The van der Waals surface area contributed by atoms with Gasteiger partial charge in [-0.15, -0.1) is 0 Å². The Balaban J connectivity index is 2.15. The van der Waals surface area contributed by atoms with Gasteiger partial charge in [-0.1, -0.05) is 19.1 Å². The minimum atomic E-state index is -0.477. The molecule has 1 heterocycles. The molecule has 0 aliphatic carbocycles. The molecule has 1 aliphatic heterocycles. The second kappa shape index (κ2) is 7.51. The van der Waals surface area contributed by atoms with Crippen LogP contribution in [-0.4, -0.2) is 42.7 Å². The van der Waals surface area contributed by atoms with E-state index in [1.54, 1.807) is 11.8 Å². The monoisotopic (exact) mass is 305 g/mol. The van der Waals surface area contributed by atoms with Gasteiger partial charge in [0, 0.05) is 18.2 Å². The average Bonchev–Trinajstić information content (AvgIpc) is 2.53. The van der Waals surface area contributed by atoms with Crippen LogP contribution in [0.5, 0.6) is 0 Å². The Labute approximate surface area is 130 Å². The standard InChI is InChI=1S/C17H23NO4/c1-3-15(20)10-16(12(2)19)13-4-6-14(7-5-13)18-8-9-22-11-17(18)21/h4-7,15-16,20H,3,8-11H2,1-2H3/t15-,16?/m0/s1. The summed E-state index contributed by atoms with van der Waals surface area (Å²) in [5.41, 5.74) is 1.69. The Morgan fingerprint density at radius 3 is 2.59 bits per heavy atom. The van der Waals surface area contributed by atoms with Crippen LogP contribution in [0.3, 0.4) is 0 Å². The van der Waals surface area contributed by atoms with Crippen LogP contribution < -0.4 is 4.90 Å². The molecule has 0 spiro atoms. The first-order valence-electron chi connectivity index (χ1n) is 7.69. The number of hydrogen-bond acceptors (Lipinski definition) is 4. The maximum absolute atomic E-state index is 11.8. The minimum Gasteiger partial charge on any atom is -0.393 e. The summed E-state index contributed by atoms with van der Waals surface area (Å²) in [6, 6.07) is 7.44. The summed E-state index contributed by atoms with van der Waals surface area (Å²) >= 11 is 0. The van der Waals surface area contributed by atoms with Crippen molar-refractivity contribution in [3.8, 4) is 0 Å². The van der Waals surface area contributed by atoms with E-state index in [4.69, 9.17) is 4.74 Å². The molecular formula is C17H23NO4. The Morgan fingerprint density at radius 2 is 2.05 bits per heavy atom. The van der Waals surface area contributed by atoms with E-state index in [0.29, 0.717) is 26.0 Å². The van der Waals surface area contributed by atoms with Crippen molar-refractivity contribution < 1.29 is 19.4 Å². The summed E-state index contributed by atoms with van der Waals surface area (Å²) in [5, 5.41) is 9.81. The van der Waals surface area contributed by atoms with Gasteiger partial charge in [-0.05, 0) is 37.5 Å². The summed E-state index contributed by atoms with van der Waals surface area (Å²) in [4.78, 5) is 25.4. The van der Waals surface area contributed by atoms with E-state index < -0.39 is 6.10 Å². The molecule has 1 aromatic rings. The highest BCUT2D eigenvalue weighted by Crippen LogP contribution is 2.26. The number of Topliss-reactive ketones (excluding diaryl/α,β-unsaturated/α-hetero) is 1. The molecule has 1 fully saturated rings. The van der Waals surface area contributed by atoms with Crippen molar-refractivity contribution in [3.63, 3.8) is 0 Å². The van der Waals surface area contributed by atoms with Crippen LogP contribution in [0.4, 0.5) is 5.69 Å². The molecule has 2 atom stereocenters. The molecule has 1 unspecified atom stereocenters. The highest BCUT2D eigenvalue weighted by atomic mass is 16.5. The molecular weight excluding hydrogens is 282 g/mol. The highest BCUT2D eigenvalue weighted by Gasteiger charge is 2.22.